The van der Waals surface area contributed by atoms with Crippen LogP contribution in [0.1, 0.15) is 18.4 Å². The fraction of sp³-hybridized carbons (Fsp3) is 0.529. The van der Waals surface area contributed by atoms with E-state index in [1.54, 1.807) is 6.07 Å². The van der Waals surface area contributed by atoms with Gasteiger partial charge in [-0.1, -0.05) is 17.7 Å². The zero-order valence-corrected chi connectivity index (χ0v) is 14.6. The van der Waals surface area contributed by atoms with Gasteiger partial charge in [-0.05, 0) is 58.1 Å². The first-order valence-corrected chi connectivity index (χ1v) is 8.25. The number of aryl methyl sites for hydroxylation is 1. The van der Waals surface area contributed by atoms with Crippen molar-refractivity contribution in [2.45, 2.75) is 19.8 Å². The maximum atomic E-state index is 12.2. The lowest BCUT2D eigenvalue weighted by molar-refractivity contribution is -0.125. The first-order chi connectivity index (χ1) is 10.9. The minimum atomic E-state index is -0.232. The van der Waals surface area contributed by atoms with Gasteiger partial charge < -0.3 is 15.5 Å². The Labute approximate surface area is 142 Å². The summed E-state index contributed by atoms with van der Waals surface area (Å²) in [7, 11) is 4.00. The van der Waals surface area contributed by atoms with Crippen LogP contribution in [0.25, 0.3) is 0 Å². The van der Waals surface area contributed by atoms with Crippen molar-refractivity contribution in [3.63, 3.8) is 0 Å². The number of hydrogen-bond donors (Lipinski definition) is 2. The molecular weight excluding hydrogens is 314 g/mol. The highest BCUT2D eigenvalue weighted by molar-refractivity contribution is 6.31. The number of anilines is 1. The van der Waals surface area contributed by atoms with Crippen molar-refractivity contribution in [3.8, 4) is 0 Å². The summed E-state index contributed by atoms with van der Waals surface area (Å²) in [6.07, 6.45) is 1.52. The average Bonchev–Trinajstić information content (AvgIpc) is 3.27. The van der Waals surface area contributed by atoms with Gasteiger partial charge in [0.15, 0.2) is 0 Å². The van der Waals surface area contributed by atoms with Gasteiger partial charge in [-0.3, -0.25) is 9.59 Å². The topological polar surface area (TPSA) is 61.4 Å². The maximum absolute atomic E-state index is 12.2. The largest absolute Gasteiger partial charge is 0.356 e. The number of rotatable bonds is 7. The van der Waals surface area contributed by atoms with Crippen LogP contribution in [0.4, 0.5) is 5.69 Å². The van der Waals surface area contributed by atoms with E-state index < -0.39 is 0 Å². The van der Waals surface area contributed by atoms with E-state index in [4.69, 9.17) is 11.6 Å². The fourth-order valence-corrected chi connectivity index (χ4v) is 2.60. The molecule has 2 unspecified atom stereocenters. The molecule has 0 radical (unpaired) electrons. The molecule has 2 amide bonds. The van der Waals surface area contributed by atoms with Gasteiger partial charge in [0.05, 0.1) is 11.8 Å². The first kappa shape index (κ1) is 17.8. The second-order valence-electron chi connectivity index (χ2n) is 6.35. The summed E-state index contributed by atoms with van der Waals surface area (Å²) in [5.74, 6) is -0.566. The second kappa shape index (κ2) is 7.79. The van der Waals surface area contributed by atoms with Crippen molar-refractivity contribution in [1.82, 2.24) is 10.2 Å². The van der Waals surface area contributed by atoms with E-state index in [1.807, 2.05) is 33.2 Å². The Morgan fingerprint density at radius 1 is 1.26 bits per heavy atom. The Bertz CT molecular complexity index is 589. The molecule has 1 saturated carbocycles. The van der Waals surface area contributed by atoms with Crippen LogP contribution < -0.4 is 10.6 Å². The number of nitrogens with zero attached hydrogens (tertiary/aromatic N) is 1. The number of carbonyl (C=O) groups excluding carboxylic acids is 2. The molecule has 0 heterocycles. The van der Waals surface area contributed by atoms with Crippen molar-refractivity contribution in [1.29, 1.82) is 0 Å². The van der Waals surface area contributed by atoms with E-state index in [2.05, 4.69) is 15.5 Å². The second-order valence-corrected chi connectivity index (χ2v) is 6.76. The van der Waals surface area contributed by atoms with Gasteiger partial charge in [0.2, 0.25) is 11.8 Å². The van der Waals surface area contributed by atoms with Crippen LogP contribution in [-0.2, 0) is 9.59 Å². The Morgan fingerprint density at radius 3 is 2.61 bits per heavy atom. The van der Waals surface area contributed by atoms with Crippen LogP contribution in [0.2, 0.25) is 5.02 Å². The van der Waals surface area contributed by atoms with E-state index in [0.29, 0.717) is 23.7 Å². The Balaban J connectivity index is 1.75. The molecule has 1 aromatic carbocycles. The third kappa shape index (κ3) is 5.22. The third-order valence-electron chi connectivity index (χ3n) is 3.98. The molecule has 2 rings (SSSR count). The minimum absolute atomic E-state index is 0.0224. The Morgan fingerprint density at radius 2 is 1.96 bits per heavy atom. The van der Waals surface area contributed by atoms with Crippen LogP contribution in [0.15, 0.2) is 18.2 Å². The van der Waals surface area contributed by atoms with Crippen molar-refractivity contribution in [3.05, 3.63) is 28.8 Å². The van der Waals surface area contributed by atoms with Crippen molar-refractivity contribution in [2.24, 2.45) is 11.8 Å². The van der Waals surface area contributed by atoms with Gasteiger partial charge in [-0.25, -0.2) is 0 Å². The summed E-state index contributed by atoms with van der Waals surface area (Å²) >= 11 is 6.05. The summed E-state index contributed by atoms with van der Waals surface area (Å²) in [6.45, 7) is 3.49. The predicted molar refractivity (Wildman–Crippen MR) is 92.6 cm³/mol. The molecule has 23 heavy (non-hydrogen) atoms. The molecule has 2 N–H and O–H groups in total. The van der Waals surface area contributed by atoms with E-state index in [9.17, 15) is 9.59 Å². The summed E-state index contributed by atoms with van der Waals surface area (Å²) in [5.41, 5.74) is 1.63. The standard InChI is InChI=1S/C17H24ClN3O2/c1-11-5-6-12(9-15(11)18)20-17(23)14-10-13(14)16(22)19-7-4-8-21(2)3/h5-6,9,13-14H,4,7-8,10H2,1-3H3,(H,19,22)(H,20,23). The van der Waals surface area contributed by atoms with Gasteiger partial charge >= 0.3 is 0 Å². The van der Waals surface area contributed by atoms with Crippen LogP contribution in [0.5, 0.6) is 0 Å². The van der Waals surface area contributed by atoms with Crippen molar-refractivity contribution < 1.29 is 9.59 Å². The molecule has 1 aliphatic rings. The van der Waals surface area contributed by atoms with Crippen LogP contribution in [-0.4, -0.2) is 43.9 Å². The fourth-order valence-electron chi connectivity index (χ4n) is 2.42. The summed E-state index contributed by atoms with van der Waals surface area (Å²) < 4.78 is 0. The molecule has 1 aliphatic carbocycles. The Hall–Kier alpha value is -1.59. The first-order valence-electron chi connectivity index (χ1n) is 7.88. The van der Waals surface area contributed by atoms with Crippen molar-refractivity contribution in [2.75, 3.05) is 32.5 Å². The maximum Gasteiger partial charge on any atom is 0.228 e. The van der Waals surface area contributed by atoms with E-state index in [1.165, 1.54) is 0 Å². The lowest BCUT2D eigenvalue weighted by Gasteiger charge is -2.10. The van der Waals surface area contributed by atoms with Crippen molar-refractivity contribution >= 4 is 29.1 Å². The van der Waals surface area contributed by atoms with Crippen LogP contribution in [0, 0.1) is 18.8 Å². The molecule has 0 spiro atoms. The van der Waals surface area contributed by atoms with Gasteiger partial charge in [0.25, 0.3) is 0 Å². The van der Waals surface area contributed by atoms with Gasteiger partial charge in [0, 0.05) is 17.3 Å². The van der Waals surface area contributed by atoms with E-state index >= 15 is 0 Å². The van der Waals surface area contributed by atoms with Gasteiger partial charge in [-0.2, -0.15) is 0 Å². The SMILES string of the molecule is Cc1ccc(NC(=O)C2CC2C(=O)NCCCN(C)C)cc1Cl. The molecule has 6 heteroatoms. The molecule has 0 aromatic heterocycles. The lowest BCUT2D eigenvalue weighted by Crippen LogP contribution is -2.30. The number of benzene rings is 1. The number of hydrogen-bond acceptors (Lipinski definition) is 3. The molecule has 2 atom stereocenters. The van der Waals surface area contributed by atoms with Crippen LogP contribution in [0.3, 0.4) is 0 Å². The summed E-state index contributed by atoms with van der Waals surface area (Å²) in [4.78, 5) is 26.2. The highest BCUT2D eigenvalue weighted by atomic mass is 35.5. The zero-order valence-electron chi connectivity index (χ0n) is 13.9. The van der Waals surface area contributed by atoms with Crippen LogP contribution >= 0.6 is 11.6 Å². The van der Waals surface area contributed by atoms with Gasteiger partial charge in [0.1, 0.15) is 0 Å². The molecular formula is C17H24ClN3O2. The highest BCUT2D eigenvalue weighted by Gasteiger charge is 2.47. The molecule has 5 nitrogen and oxygen atoms in total. The minimum Gasteiger partial charge on any atom is -0.356 e. The molecule has 0 bridgehead atoms. The highest BCUT2D eigenvalue weighted by Crippen LogP contribution is 2.39. The third-order valence-corrected chi connectivity index (χ3v) is 4.39. The van der Waals surface area contributed by atoms with Gasteiger partial charge in [-0.15, -0.1) is 0 Å². The average molecular weight is 338 g/mol. The normalized spacial score (nSPS) is 19.5. The predicted octanol–water partition coefficient (Wildman–Crippen LogP) is 2.29. The molecule has 1 fully saturated rings. The van der Waals surface area contributed by atoms with E-state index in [0.717, 1.165) is 18.5 Å². The molecule has 1 aromatic rings. The number of carbonyl (C=O) groups is 2. The molecule has 126 valence electrons. The summed E-state index contributed by atoms with van der Waals surface area (Å²) in [6, 6.07) is 5.41. The molecule has 0 aliphatic heterocycles. The summed E-state index contributed by atoms with van der Waals surface area (Å²) in [5, 5.41) is 6.35. The zero-order chi connectivity index (χ0) is 17.0. The van der Waals surface area contributed by atoms with E-state index in [-0.39, 0.29) is 23.7 Å². The Kier molecular flexibility index (Phi) is 6.02. The number of halogens is 1. The number of amides is 2. The smallest absolute Gasteiger partial charge is 0.228 e. The quantitative estimate of drug-likeness (QED) is 0.750. The molecule has 0 saturated heterocycles. The lowest BCUT2D eigenvalue weighted by atomic mass is 10.2. The monoisotopic (exact) mass is 337 g/mol. The number of nitrogens with one attached hydrogen (secondary N) is 2.